The van der Waals surface area contributed by atoms with Crippen molar-refractivity contribution in [3.63, 3.8) is 0 Å². The molecule has 0 aromatic heterocycles. The van der Waals surface area contributed by atoms with Gasteiger partial charge in [0.25, 0.3) is 0 Å². The van der Waals surface area contributed by atoms with Crippen molar-refractivity contribution in [1.29, 1.82) is 0 Å². The molecule has 2 rings (SSSR count). The van der Waals surface area contributed by atoms with E-state index in [9.17, 15) is 16.8 Å². The zero-order chi connectivity index (χ0) is 13.4. The molecule has 0 spiro atoms. The molecule has 7 nitrogen and oxygen atoms in total. The summed E-state index contributed by atoms with van der Waals surface area (Å²) in [4.78, 5) is 0. The van der Waals surface area contributed by atoms with Gasteiger partial charge in [-0.25, -0.2) is 16.8 Å². The fraction of sp³-hybridized carbons (Fsp3) is 1.00. The van der Waals surface area contributed by atoms with Crippen molar-refractivity contribution in [2.45, 2.75) is 12.1 Å². The molecule has 2 fully saturated rings. The molecule has 2 aliphatic rings. The Hall–Kier alpha value is -0.220. The fourth-order valence-electron chi connectivity index (χ4n) is 2.34. The van der Waals surface area contributed by atoms with Crippen molar-refractivity contribution in [3.8, 4) is 0 Å². The van der Waals surface area contributed by atoms with E-state index in [1.165, 1.54) is 11.4 Å². The van der Waals surface area contributed by atoms with E-state index in [-0.39, 0.29) is 37.0 Å². The molecule has 0 aliphatic carbocycles. The Morgan fingerprint density at radius 1 is 1.39 bits per heavy atom. The van der Waals surface area contributed by atoms with Crippen molar-refractivity contribution >= 4 is 19.9 Å². The van der Waals surface area contributed by atoms with E-state index >= 15 is 0 Å². The van der Waals surface area contributed by atoms with E-state index < -0.39 is 32.0 Å². The summed E-state index contributed by atoms with van der Waals surface area (Å²) in [6.07, 6.45) is -0.527. The maximum atomic E-state index is 12.1. The SMILES string of the molecule is COCCS(=O)(=O)N1CCOC2CS(=O)(=O)CC21. The minimum Gasteiger partial charge on any atom is -0.384 e. The van der Waals surface area contributed by atoms with Gasteiger partial charge in [0.05, 0.1) is 42.6 Å². The minimum absolute atomic E-state index is 0.0893. The van der Waals surface area contributed by atoms with Gasteiger partial charge in [-0.05, 0) is 0 Å². The van der Waals surface area contributed by atoms with E-state index in [4.69, 9.17) is 9.47 Å². The molecule has 106 valence electrons. The van der Waals surface area contributed by atoms with Crippen molar-refractivity contribution in [2.75, 3.05) is 44.1 Å². The Morgan fingerprint density at radius 2 is 2.11 bits per heavy atom. The lowest BCUT2D eigenvalue weighted by Gasteiger charge is -2.35. The molecule has 18 heavy (non-hydrogen) atoms. The molecule has 2 aliphatic heterocycles. The van der Waals surface area contributed by atoms with Crippen LogP contribution < -0.4 is 0 Å². The van der Waals surface area contributed by atoms with E-state index in [1.54, 1.807) is 0 Å². The lowest BCUT2D eigenvalue weighted by atomic mass is 10.2. The molecule has 0 amide bonds. The van der Waals surface area contributed by atoms with Crippen LogP contribution in [-0.4, -0.2) is 77.4 Å². The molecule has 0 bridgehead atoms. The predicted octanol–water partition coefficient (Wildman–Crippen LogP) is -1.54. The molecular weight excluding hydrogens is 282 g/mol. The first-order chi connectivity index (χ1) is 8.36. The van der Waals surface area contributed by atoms with E-state index in [0.717, 1.165) is 0 Å². The number of sulfonamides is 1. The summed E-state index contributed by atoms with van der Waals surface area (Å²) in [6, 6.07) is -0.578. The molecular formula is C9H17NO6S2. The number of nitrogens with zero attached hydrogens (tertiary/aromatic N) is 1. The van der Waals surface area contributed by atoms with Gasteiger partial charge in [0, 0.05) is 13.7 Å². The van der Waals surface area contributed by atoms with Crippen LogP contribution in [0.5, 0.6) is 0 Å². The van der Waals surface area contributed by atoms with Gasteiger partial charge >= 0.3 is 0 Å². The molecule has 0 radical (unpaired) electrons. The van der Waals surface area contributed by atoms with Gasteiger partial charge in [-0.2, -0.15) is 4.31 Å². The minimum atomic E-state index is -3.49. The highest BCUT2D eigenvalue weighted by molar-refractivity contribution is 7.92. The first-order valence-corrected chi connectivity index (χ1v) is 9.09. The van der Waals surface area contributed by atoms with Gasteiger partial charge in [0.15, 0.2) is 9.84 Å². The summed E-state index contributed by atoms with van der Waals surface area (Å²) < 4.78 is 58.7. The largest absolute Gasteiger partial charge is 0.384 e. The zero-order valence-electron chi connectivity index (χ0n) is 10.1. The average Bonchev–Trinajstić information content (AvgIpc) is 2.59. The van der Waals surface area contributed by atoms with Crippen molar-refractivity contribution in [2.24, 2.45) is 0 Å². The third-order valence-electron chi connectivity index (χ3n) is 3.19. The number of rotatable bonds is 4. The lowest BCUT2D eigenvalue weighted by Crippen LogP contribution is -2.53. The van der Waals surface area contributed by atoms with Gasteiger partial charge in [-0.1, -0.05) is 0 Å². The number of sulfone groups is 1. The highest BCUT2D eigenvalue weighted by atomic mass is 32.2. The van der Waals surface area contributed by atoms with Gasteiger partial charge in [0.2, 0.25) is 10.0 Å². The first-order valence-electron chi connectivity index (χ1n) is 5.66. The van der Waals surface area contributed by atoms with Gasteiger partial charge < -0.3 is 9.47 Å². The molecule has 2 saturated heterocycles. The number of hydrogen-bond donors (Lipinski definition) is 0. The predicted molar refractivity (Wildman–Crippen MR) is 64.6 cm³/mol. The summed E-state index contributed by atoms with van der Waals surface area (Å²) in [7, 11) is -5.26. The lowest BCUT2D eigenvalue weighted by molar-refractivity contribution is -0.0143. The maximum Gasteiger partial charge on any atom is 0.216 e. The smallest absolute Gasteiger partial charge is 0.216 e. The average molecular weight is 299 g/mol. The van der Waals surface area contributed by atoms with Crippen LogP contribution in [0.4, 0.5) is 0 Å². The van der Waals surface area contributed by atoms with Crippen LogP contribution in [0.3, 0.4) is 0 Å². The van der Waals surface area contributed by atoms with Crippen LogP contribution in [0.2, 0.25) is 0 Å². The Labute approximate surface area is 107 Å². The Bertz CT molecular complexity index is 499. The Morgan fingerprint density at radius 3 is 2.78 bits per heavy atom. The van der Waals surface area contributed by atoms with Crippen molar-refractivity contribution in [3.05, 3.63) is 0 Å². The first kappa shape index (κ1) is 14.2. The topological polar surface area (TPSA) is 90.0 Å². The van der Waals surface area contributed by atoms with Crippen LogP contribution in [0.25, 0.3) is 0 Å². The van der Waals surface area contributed by atoms with Crippen LogP contribution in [-0.2, 0) is 29.3 Å². The van der Waals surface area contributed by atoms with E-state index in [1.807, 2.05) is 0 Å². The second-order valence-electron chi connectivity index (χ2n) is 4.47. The molecule has 2 unspecified atom stereocenters. The summed E-state index contributed by atoms with van der Waals surface area (Å²) in [6.45, 7) is 0.551. The second-order valence-corrected chi connectivity index (χ2v) is 8.67. The Kier molecular flexibility index (Phi) is 3.98. The van der Waals surface area contributed by atoms with Crippen LogP contribution >= 0.6 is 0 Å². The maximum absolute atomic E-state index is 12.1. The molecule has 0 N–H and O–H groups in total. The van der Waals surface area contributed by atoms with E-state index in [0.29, 0.717) is 0 Å². The quantitative estimate of drug-likeness (QED) is 0.625. The van der Waals surface area contributed by atoms with Gasteiger partial charge in [0.1, 0.15) is 0 Å². The molecule has 0 aromatic carbocycles. The highest BCUT2D eigenvalue weighted by Gasteiger charge is 2.47. The summed E-state index contributed by atoms with van der Waals surface area (Å²) in [5, 5.41) is 0. The third kappa shape index (κ3) is 2.85. The highest BCUT2D eigenvalue weighted by Crippen LogP contribution is 2.26. The number of fused-ring (bicyclic) bond motifs is 1. The third-order valence-corrected chi connectivity index (χ3v) is 6.72. The van der Waals surface area contributed by atoms with Crippen LogP contribution in [0.1, 0.15) is 0 Å². The van der Waals surface area contributed by atoms with Gasteiger partial charge in [-0.3, -0.25) is 0 Å². The Balaban J connectivity index is 2.18. The van der Waals surface area contributed by atoms with Crippen molar-refractivity contribution in [1.82, 2.24) is 4.31 Å². The molecule has 2 atom stereocenters. The summed E-state index contributed by atoms with van der Waals surface area (Å²) in [5.74, 6) is -0.370. The zero-order valence-corrected chi connectivity index (χ0v) is 11.7. The molecule has 0 saturated carbocycles. The molecule has 9 heteroatoms. The molecule has 2 heterocycles. The number of ether oxygens (including phenoxy) is 2. The second kappa shape index (κ2) is 5.04. The van der Waals surface area contributed by atoms with Gasteiger partial charge in [-0.15, -0.1) is 0 Å². The van der Waals surface area contributed by atoms with Crippen LogP contribution in [0.15, 0.2) is 0 Å². The standard InChI is InChI=1S/C9H17NO6S2/c1-15-4-5-18(13,14)10-2-3-16-9-7-17(11,12)6-8(9)10/h8-9H,2-7H2,1H3. The monoisotopic (exact) mass is 299 g/mol. The summed E-state index contributed by atoms with van der Waals surface area (Å²) >= 11 is 0. The summed E-state index contributed by atoms with van der Waals surface area (Å²) in [5.41, 5.74) is 0. The molecule has 0 aromatic rings. The van der Waals surface area contributed by atoms with E-state index in [2.05, 4.69) is 0 Å². The number of morpholine rings is 1. The fourth-order valence-corrected chi connectivity index (χ4v) is 5.89. The normalized spacial score (nSPS) is 32.3. The number of methoxy groups -OCH3 is 1. The van der Waals surface area contributed by atoms with Crippen LogP contribution in [0, 0.1) is 0 Å². The number of hydrogen-bond acceptors (Lipinski definition) is 6. The van der Waals surface area contributed by atoms with Crippen molar-refractivity contribution < 1.29 is 26.3 Å².